The molecule has 26 heavy (non-hydrogen) atoms. The largest absolute Gasteiger partial charge is 0.595 e. The van der Waals surface area contributed by atoms with Crippen LogP contribution in [0.2, 0.25) is 0 Å². The number of aromatic nitrogens is 2. The molecule has 0 saturated carbocycles. The number of nitrogens with one attached hydrogen (secondary N) is 3. The normalized spacial score (nSPS) is 16.0. The van der Waals surface area contributed by atoms with Crippen LogP contribution in [0.3, 0.4) is 0 Å². The molecule has 1 amide bonds. The van der Waals surface area contributed by atoms with E-state index in [0.717, 1.165) is 10.9 Å². The van der Waals surface area contributed by atoms with Crippen molar-refractivity contribution < 1.29 is 35.9 Å². The maximum absolute atomic E-state index is 12.4. The van der Waals surface area contributed by atoms with Crippen LogP contribution in [0.4, 0.5) is 11.4 Å². The molecule has 0 saturated heterocycles. The Labute approximate surface area is 147 Å². The Morgan fingerprint density at radius 3 is 2.38 bits per heavy atom. The van der Waals surface area contributed by atoms with E-state index in [2.05, 4.69) is 10.4 Å². The van der Waals surface area contributed by atoms with Crippen molar-refractivity contribution in [3.8, 4) is 0 Å². The third-order valence-electron chi connectivity index (χ3n) is 3.78. The molecule has 0 aliphatic carbocycles. The van der Waals surface area contributed by atoms with Gasteiger partial charge in [-0.1, -0.05) is 12.1 Å². The topological polar surface area (TPSA) is 183 Å². The number of aliphatic hydroxyl groups excluding tert-OH is 2. The number of amides is 1. The molecule has 1 aromatic carbocycles. The number of carbonyl (C=O) groups is 1. The second kappa shape index (κ2) is 8.31. The van der Waals surface area contributed by atoms with Crippen molar-refractivity contribution in [2.45, 2.75) is 12.1 Å². The maximum Gasteiger partial charge on any atom is 0.276 e. The van der Waals surface area contributed by atoms with Crippen LogP contribution >= 0.6 is 0 Å². The van der Waals surface area contributed by atoms with Gasteiger partial charge in [0.1, 0.15) is 12.3 Å². The van der Waals surface area contributed by atoms with Crippen molar-refractivity contribution in [3.63, 3.8) is 0 Å². The molecule has 0 aliphatic heterocycles. The Hall–Kier alpha value is -2.42. The zero-order valence-corrected chi connectivity index (χ0v) is 13.7. The fourth-order valence-electron chi connectivity index (χ4n) is 2.38. The van der Waals surface area contributed by atoms with Crippen LogP contribution in [0.5, 0.6) is 0 Å². The van der Waals surface area contributed by atoms with E-state index < -0.39 is 35.1 Å². The van der Waals surface area contributed by atoms with Crippen LogP contribution in [-0.4, -0.2) is 49.0 Å². The molecule has 4 atom stereocenters. The van der Waals surface area contributed by atoms with Gasteiger partial charge in [0.2, 0.25) is 5.69 Å². The standard InChI is InChI=1S/C14H19N5O7/c1-17-12(11(6-15-17)19(25)26)14(22)16-10(7-20)13(21)8-2-4-9(5-3-8)18(23)24/h2-6,10,13,18-21,23,25H,7H2,1H3,(H,16,22)/t10-,13-/m0/s1. The molecule has 1 heterocycles. The number of aryl methyl sites for hydroxylation is 1. The molecule has 12 nitrogen and oxygen atoms in total. The lowest BCUT2D eigenvalue weighted by molar-refractivity contribution is -0.991. The van der Waals surface area contributed by atoms with Crippen molar-refractivity contribution in [3.05, 3.63) is 52.1 Å². The van der Waals surface area contributed by atoms with Crippen LogP contribution in [0.1, 0.15) is 22.2 Å². The summed E-state index contributed by atoms with van der Waals surface area (Å²) < 4.78 is 1.07. The first kappa shape index (κ1) is 19.9. The number of hydrogen-bond donors (Lipinski definition) is 7. The smallest absolute Gasteiger partial charge is 0.276 e. The average Bonchev–Trinajstić information content (AvgIpc) is 3.01. The maximum atomic E-state index is 12.4. The lowest BCUT2D eigenvalue weighted by atomic mass is 10.0. The van der Waals surface area contributed by atoms with Crippen molar-refractivity contribution in [2.24, 2.45) is 7.05 Å². The number of quaternary nitrogens is 2. The van der Waals surface area contributed by atoms with E-state index in [-0.39, 0.29) is 22.6 Å². The highest BCUT2D eigenvalue weighted by molar-refractivity contribution is 5.96. The number of hydrogen-bond acceptors (Lipinski definition) is 8. The zero-order valence-electron chi connectivity index (χ0n) is 13.7. The van der Waals surface area contributed by atoms with Crippen LogP contribution in [-0.2, 0) is 7.05 Å². The van der Waals surface area contributed by atoms with Gasteiger partial charge in [0.25, 0.3) is 5.91 Å². The lowest BCUT2D eigenvalue weighted by Gasteiger charge is -2.23. The molecule has 0 bridgehead atoms. The van der Waals surface area contributed by atoms with E-state index in [1.807, 2.05) is 0 Å². The Balaban J connectivity index is 2.18. The van der Waals surface area contributed by atoms with Gasteiger partial charge in [-0.15, -0.1) is 0 Å². The number of rotatable bonds is 7. The molecule has 2 rings (SSSR count). The van der Waals surface area contributed by atoms with E-state index in [1.165, 1.54) is 31.3 Å². The SMILES string of the molecule is Cn1ncc([NH+]([O-])O)c1C(=O)N[C@@H](CO)[C@@H](O)c1ccc([NH+]([O-])O)cc1. The summed E-state index contributed by atoms with van der Waals surface area (Å²) in [6.07, 6.45) is -0.319. The van der Waals surface area contributed by atoms with Crippen LogP contribution < -0.4 is 15.8 Å². The zero-order chi connectivity index (χ0) is 19.4. The molecular weight excluding hydrogens is 350 g/mol. The van der Waals surface area contributed by atoms with Gasteiger partial charge in [-0.25, -0.2) is 10.4 Å². The van der Waals surface area contributed by atoms with Gasteiger partial charge in [0.05, 0.1) is 12.6 Å². The van der Waals surface area contributed by atoms with E-state index in [9.17, 15) is 25.4 Å². The minimum atomic E-state index is -1.34. The summed E-state index contributed by atoms with van der Waals surface area (Å²) in [4.78, 5) is 12.4. The summed E-state index contributed by atoms with van der Waals surface area (Å²) in [5.41, 5.74) is -0.254. The monoisotopic (exact) mass is 369 g/mol. The summed E-state index contributed by atoms with van der Waals surface area (Å²) in [6, 6.07) is 4.13. The van der Waals surface area contributed by atoms with Crippen LogP contribution in [0, 0.1) is 10.4 Å². The molecule has 0 fully saturated rings. The van der Waals surface area contributed by atoms with Gasteiger partial charge < -0.3 is 25.9 Å². The Morgan fingerprint density at radius 1 is 1.27 bits per heavy atom. The molecule has 2 aromatic rings. The van der Waals surface area contributed by atoms with Gasteiger partial charge in [-0.2, -0.15) is 15.6 Å². The number of aliphatic hydroxyl groups is 2. The molecule has 7 N–H and O–H groups in total. The van der Waals surface area contributed by atoms with E-state index in [0.29, 0.717) is 0 Å². The fraction of sp³-hybridized carbons (Fsp3) is 0.286. The Kier molecular flexibility index (Phi) is 6.36. The summed E-state index contributed by atoms with van der Waals surface area (Å²) in [7, 11) is 1.39. The first-order chi connectivity index (χ1) is 12.3. The van der Waals surface area contributed by atoms with Gasteiger partial charge in [0.15, 0.2) is 11.4 Å². The third-order valence-corrected chi connectivity index (χ3v) is 3.78. The summed E-state index contributed by atoms with van der Waals surface area (Å²) in [6.45, 7) is -0.631. The number of benzene rings is 1. The number of carbonyl (C=O) groups excluding carboxylic acids is 1. The van der Waals surface area contributed by atoms with Crippen molar-refractivity contribution in [1.29, 1.82) is 0 Å². The predicted octanol–water partition coefficient (Wildman–Crippen LogP) is -2.95. The second-order valence-corrected chi connectivity index (χ2v) is 5.47. The van der Waals surface area contributed by atoms with E-state index >= 15 is 0 Å². The molecular formula is C14H19N5O7. The van der Waals surface area contributed by atoms with E-state index in [4.69, 9.17) is 10.4 Å². The highest BCUT2D eigenvalue weighted by Gasteiger charge is 2.28. The first-order valence-corrected chi connectivity index (χ1v) is 7.44. The number of nitrogens with zero attached hydrogens (tertiary/aromatic N) is 2. The minimum Gasteiger partial charge on any atom is -0.595 e. The molecule has 142 valence electrons. The van der Waals surface area contributed by atoms with Crippen molar-refractivity contribution in [2.75, 3.05) is 6.61 Å². The van der Waals surface area contributed by atoms with Gasteiger partial charge >= 0.3 is 0 Å². The summed E-state index contributed by atoms with van der Waals surface area (Å²) >= 11 is 0. The lowest BCUT2D eigenvalue weighted by Crippen LogP contribution is -2.99. The highest BCUT2D eigenvalue weighted by Crippen LogP contribution is 2.19. The average molecular weight is 369 g/mol. The van der Waals surface area contributed by atoms with Gasteiger partial charge in [-0.05, 0) is 5.56 Å². The van der Waals surface area contributed by atoms with Gasteiger partial charge in [-0.3, -0.25) is 9.48 Å². The minimum absolute atomic E-state index is 0.0199. The molecule has 0 radical (unpaired) electrons. The summed E-state index contributed by atoms with van der Waals surface area (Å²) in [5.74, 6) is -0.831. The third kappa shape index (κ3) is 4.21. The van der Waals surface area contributed by atoms with Crippen molar-refractivity contribution >= 4 is 17.3 Å². The Bertz CT molecular complexity index is 747. The quantitative estimate of drug-likeness (QED) is 0.253. The summed E-state index contributed by atoms with van der Waals surface area (Å²) in [5, 5.41) is 63.4. The van der Waals surface area contributed by atoms with Crippen molar-refractivity contribution in [1.82, 2.24) is 15.1 Å². The first-order valence-electron chi connectivity index (χ1n) is 7.44. The van der Waals surface area contributed by atoms with Crippen LogP contribution in [0.15, 0.2) is 30.5 Å². The molecule has 0 spiro atoms. The molecule has 2 unspecified atom stereocenters. The fourth-order valence-corrected chi connectivity index (χ4v) is 2.38. The Morgan fingerprint density at radius 2 is 1.88 bits per heavy atom. The molecule has 0 aliphatic rings. The predicted molar refractivity (Wildman–Crippen MR) is 84.5 cm³/mol. The highest BCUT2D eigenvalue weighted by atomic mass is 16.8. The molecule has 12 heteroatoms. The van der Waals surface area contributed by atoms with Crippen LogP contribution in [0.25, 0.3) is 0 Å². The molecule has 1 aromatic heterocycles. The van der Waals surface area contributed by atoms with E-state index in [1.54, 1.807) is 0 Å². The van der Waals surface area contributed by atoms with Gasteiger partial charge in [0, 0.05) is 19.2 Å². The second-order valence-electron chi connectivity index (χ2n) is 5.47.